The van der Waals surface area contributed by atoms with E-state index in [1.54, 1.807) is 0 Å². The Kier molecular flexibility index (Phi) is 3.58. The van der Waals surface area contributed by atoms with Gasteiger partial charge in [0.2, 0.25) is 0 Å². The van der Waals surface area contributed by atoms with E-state index in [0.29, 0.717) is 5.54 Å². The van der Waals surface area contributed by atoms with Crippen LogP contribution in [0.5, 0.6) is 0 Å². The van der Waals surface area contributed by atoms with E-state index in [1.807, 2.05) is 12.1 Å². The molecule has 0 atom stereocenters. The minimum atomic E-state index is 0.506. The van der Waals surface area contributed by atoms with Crippen molar-refractivity contribution in [2.24, 2.45) is 5.92 Å². The van der Waals surface area contributed by atoms with Gasteiger partial charge in [-0.3, -0.25) is 4.90 Å². The molecule has 0 aromatic heterocycles. The molecule has 0 bridgehead atoms. The molecule has 1 aromatic rings. The fraction of sp³-hybridized carbons (Fsp3) is 0.632. The number of nitrogens with zero attached hydrogens (tertiary/aromatic N) is 3. The predicted molar refractivity (Wildman–Crippen MR) is 88.9 cm³/mol. The van der Waals surface area contributed by atoms with Crippen molar-refractivity contribution in [2.75, 3.05) is 31.1 Å². The lowest BCUT2D eigenvalue weighted by atomic mass is 9.84. The molecule has 4 rings (SSSR count). The Bertz CT molecular complexity index is 559. The van der Waals surface area contributed by atoms with Crippen LogP contribution in [0.2, 0.25) is 0 Å². The molecule has 1 aliphatic carbocycles. The van der Waals surface area contributed by atoms with Crippen molar-refractivity contribution in [1.29, 1.82) is 5.26 Å². The van der Waals surface area contributed by atoms with Crippen molar-refractivity contribution in [3.8, 4) is 6.07 Å². The van der Waals surface area contributed by atoms with E-state index < -0.39 is 0 Å². The molecule has 0 amide bonds. The molecule has 3 nitrogen and oxygen atoms in total. The minimum absolute atomic E-state index is 0.506. The maximum absolute atomic E-state index is 8.92. The monoisotopic (exact) mass is 295 g/mol. The molecule has 1 saturated carbocycles. The Morgan fingerprint density at radius 3 is 2.41 bits per heavy atom. The van der Waals surface area contributed by atoms with Gasteiger partial charge in [0.05, 0.1) is 11.6 Å². The molecule has 0 radical (unpaired) electrons. The summed E-state index contributed by atoms with van der Waals surface area (Å²) in [6.07, 6.45) is 8.33. The molecule has 22 heavy (non-hydrogen) atoms. The quantitative estimate of drug-likeness (QED) is 0.856. The highest BCUT2D eigenvalue weighted by Gasteiger charge is 2.44. The Hall–Kier alpha value is -1.53. The van der Waals surface area contributed by atoms with Crippen molar-refractivity contribution >= 4 is 5.69 Å². The van der Waals surface area contributed by atoms with Gasteiger partial charge in [-0.1, -0.05) is 0 Å². The number of piperidine rings is 1. The highest BCUT2D eigenvalue weighted by Crippen LogP contribution is 2.42. The van der Waals surface area contributed by atoms with Gasteiger partial charge < -0.3 is 4.90 Å². The Morgan fingerprint density at radius 2 is 1.77 bits per heavy atom. The lowest BCUT2D eigenvalue weighted by Gasteiger charge is -2.46. The molecule has 0 unspecified atom stereocenters. The van der Waals surface area contributed by atoms with Crippen LogP contribution in [-0.4, -0.2) is 36.6 Å². The molecular weight excluding hydrogens is 270 g/mol. The van der Waals surface area contributed by atoms with Gasteiger partial charge in [-0.2, -0.15) is 5.26 Å². The zero-order chi connectivity index (χ0) is 15.0. The van der Waals surface area contributed by atoms with Crippen LogP contribution in [0.25, 0.3) is 0 Å². The summed E-state index contributed by atoms with van der Waals surface area (Å²) >= 11 is 0. The van der Waals surface area contributed by atoms with E-state index >= 15 is 0 Å². The Labute approximate surface area is 133 Å². The van der Waals surface area contributed by atoms with E-state index in [2.05, 4.69) is 28.0 Å². The van der Waals surface area contributed by atoms with Gasteiger partial charge in [-0.25, -0.2) is 0 Å². The van der Waals surface area contributed by atoms with Gasteiger partial charge in [-0.05, 0) is 75.3 Å². The lowest BCUT2D eigenvalue weighted by molar-refractivity contribution is 0.102. The Balaban J connectivity index is 1.41. The summed E-state index contributed by atoms with van der Waals surface area (Å²) in [5, 5.41) is 8.92. The second-order valence-electron chi connectivity index (χ2n) is 7.36. The first-order chi connectivity index (χ1) is 10.8. The van der Waals surface area contributed by atoms with Gasteiger partial charge in [0, 0.05) is 30.9 Å². The van der Waals surface area contributed by atoms with Crippen LogP contribution < -0.4 is 4.90 Å². The maximum atomic E-state index is 8.92. The normalized spacial score (nSPS) is 24.6. The van der Waals surface area contributed by atoms with Gasteiger partial charge in [0.1, 0.15) is 0 Å². The fourth-order valence-corrected chi connectivity index (χ4v) is 4.39. The molecule has 2 aliphatic heterocycles. The number of likely N-dealkylation sites (tertiary alicyclic amines) is 1. The van der Waals surface area contributed by atoms with E-state index in [1.165, 1.54) is 57.3 Å². The second-order valence-corrected chi connectivity index (χ2v) is 7.36. The van der Waals surface area contributed by atoms with Crippen LogP contribution in [0, 0.1) is 17.2 Å². The second kappa shape index (κ2) is 5.59. The summed E-state index contributed by atoms with van der Waals surface area (Å²) in [6, 6.07) is 10.3. The summed E-state index contributed by atoms with van der Waals surface area (Å²) in [5.41, 5.74) is 2.54. The van der Waals surface area contributed by atoms with Crippen LogP contribution in [-0.2, 0) is 0 Å². The largest absolute Gasteiger partial charge is 0.371 e. The van der Waals surface area contributed by atoms with Crippen molar-refractivity contribution in [1.82, 2.24) is 4.90 Å². The number of anilines is 1. The molecule has 1 spiro atoms. The zero-order valence-corrected chi connectivity index (χ0v) is 13.3. The number of hydrogen-bond donors (Lipinski definition) is 0. The summed E-state index contributed by atoms with van der Waals surface area (Å²) in [4.78, 5) is 5.33. The van der Waals surface area contributed by atoms with Crippen LogP contribution in [0.3, 0.4) is 0 Å². The topological polar surface area (TPSA) is 30.3 Å². The van der Waals surface area contributed by atoms with Crippen molar-refractivity contribution < 1.29 is 0 Å². The number of nitriles is 1. The van der Waals surface area contributed by atoms with E-state index in [-0.39, 0.29) is 0 Å². The van der Waals surface area contributed by atoms with Crippen LogP contribution in [0.1, 0.15) is 44.1 Å². The average molecular weight is 295 g/mol. The predicted octanol–water partition coefficient (Wildman–Crippen LogP) is 3.40. The standard InChI is InChI=1S/C19H25N3/c20-14-16-4-6-18(7-5-16)21-12-9-19(10-13-21)8-1-11-22(19)15-17-2-3-17/h4-7,17H,1-3,8-13,15H2. The average Bonchev–Trinajstić information content (AvgIpc) is 3.31. The van der Waals surface area contributed by atoms with E-state index in [9.17, 15) is 0 Å². The highest BCUT2D eigenvalue weighted by molar-refractivity contribution is 5.50. The third-order valence-electron chi connectivity index (χ3n) is 5.97. The lowest BCUT2D eigenvalue weighted by Crippen LogP contribution is -2.52. The molecule has 2 heterocycles. The molecule has 116 valence electrons. The van der Waals surface area contributed by atoms with Gasteiger partial charge >= 0.3 is 0 Å². The summed E-state index contributed by atoms with van der Waals surface area (Å²) in [5.74, 6) is 1.01. The fourth-order valence-electron chi connectivity index (χ4n) is 4.39. The highest BCUT2D eigenvalue weighted by atomic mass is 15.3. The molecule has 3 fully saturated rings. The first-order valence-corrected chi connectivity index (χ1v) is 8.79. The smallest absolute Gasteiger partial charge is 0.0991 e. The van der Waals surface area contributed by atoms with Crippen LogP contribution in [0.4, 0.5) is 5.69 Å². The molecule has 3 heteroatoms. The molecule has 1 aromatic carbocycles. The SMILES string of the molecule is N#Cc1ccc(N2CCC3(CCCN3CC3CC3)CC2)cc1. The number of benzene rings is 1. The molecule has 3 aliphatic rings. The van der Waals surface area contributed by atoms with Crippen molar-refractivity contribution in [3.05, 3.63) is 29.8 Å². The first kappa shape index (κ1) is 14.1. The van der Waals surface area contributed by atoms with Crippen molar-refractivity contribution in [2.45, 2.75) is 44.1 Å². The van der Waals surface area contributed by atoms with Gasteiger partial charge in [-0.15, -0.1) is 0 Å². The summed E-state index contributed by atoms with van der Waals surface area (Å²) in [6.45, 7) is 5.00. The number of hydrogen-bond acceptors (Lipinski definition) is 3. The maximum Gasteiger partial charge on any atom is 0.0991 e. The van der Waals surface area contributed by atoms with E-state index in [4.69, 9.17) is 5.26 Å². The Morgan fingerprint density at radius 1 is 1.05 bits per heavy atom. The van der Waals surface area contributed by atoms with Crippen LogP contribution >= 0.6 is 0 Å². The van der Waals surface area contributed by atoms with Crippen molar-refractivity contribution in [3.63, 3.8) is 0 Å². The summed E-state index contributed by atoms with van der Waals surface area (Å²) in [7, 11) is 0. The third kappa shape index (κ3) is 2.61. The number of rotatable bonds is 3. The van der Waals surface area contributed by atoms with Gasteiger partial charge in [0.25, 0.3) is 0 Å². The van der Waals surface area contributed by atoms with Crippen LogP contribution in [0.15, 0.2) is 24.3 Å². The molecular formula is C19H25N3. The third-order valence-corrected chi connectivity index (χ3v) is 5.97. The zero-order valence-electron chi connectivity index (χ0n) is 13.3. The first-order valence-electron chi connectivity index (χ1n) is 8.79. The van der Waals surface area contributed by atoms with Gasteiger partial charge in [0.15, 0.2) is 0 Å². The molecule has 0 N–H and O–H groups in total. The van der Waals surface area contributed by atoms with E-state index in [0.717, 1.165) is 24.6 Å². The minimum Gasteiger partial charge on any atom is -0.371 e. The molecule has 2 saturated heterocycles. The summed E-state index contributed by atoms with van der Waals surface area (Å²) < 4.78 is 0.